The number of ether oxygens (including phenoxy) is 1. The average Bonchev–Trinajstić information content (AvgIpc) is 3.26. The summed E-state index contributed by atoms with van der Waals surface area (Å²) in [6.07, 6.45) is 0. The van der Waals surface area contributed by atoms with Crippen molar-refractivity contribution in [2.24, 2.45) is 7.05 Å². The largest absolute Gasteiger partial charge is 0.465 e. The van der Waals surface area contributed by atoms with E-state index in [9.17, 15) is 9.59 Å². The van der Waals surface area contributed by atoms with Crippen molar-refractivity contribution in [3.8, 4) is 11.4 Å². The highest BCUT2D eigenvalue weighted by atomic mass is 32.2. The Bertz CT molecular complexity index is 1320. The van der Waals surface area contributed by atoms with Crippen LogP contribution in [0.15, 0.2) is 34.2 Å². The Labute approximate surface area is 180 Å². The maximum Gasteiger partial charge on any atom is 0.348 e. The Balaban J connectivity index is 1.61. The molecule has 3 heterocycles. The molecule has 0 saturated heterocycles. The van der Waals surface area contributed by atoms with Gasteiger partial charge in [-0.3, -0.25) is 4.79 Å². The number of aromatic nitrogens is 5. The highest BCUT2D eigenvalue weighted by Crippen LogP contribution is 2.29. The fourth-order valence-electron chi connectivity index (χ4n) is 3.18. The molecule has 8 nitrogen and oxygen atoms in total. The number of esters is 1. The number of carbonyl (C=O) groups is 1. The van der Waals surface area contributed by atoms with Crippen molar-refractivity contribution in [1.82, 2.24) is 24.7 Å². The molecule has 0 fully saturated rings. The number of rotatable bonds is 5. The molecule has 4 rings (SSSR count). The van der Waals surface area contributed by atoms with Gasteiger partial charge in [-0.1, -0.05) is 36.0 Å². The Morgan fingerprint density at radius 1 is 1.27 bits per heavy atom. The first kappa shape index (κ1) is 20.3. The SMILES string of the molecule is COC(=O)c1sc2nc(CSc3nnc(-c4ccccc4C)n3C)[nH]c(=O)c2c1C. The van der Waals surface area contributed by atoms with Gasteiger partial charge in [0.2, 0.25) is 0 Å². The van der Waals surface area contributed by atoms with Gasteiger partial charge >= 0.3 is 5.97 Å². The van der Waals surface area contributed by atoms with E-state index in [1.807, 2.05) is 42.8 Å². The number of fused-ring (bicyclic) bond motifs is 1. The summed E-state index contributed by atoms with van der Waals surface area (Å²) in [6.45, 7) is 3.76. The van der Waals surface area contributed by atoms with Gasteiger partial charge in [0.25, 0.3) is 5.56 Å². The predicted molar refractivity (Wildman–Crippen MR) is 117 cm³/mol. The molecule has 0 amide bonds. The Kier molecular flexibility index (Phi) is 5.44. The number of methoxy groups -OCH3 is 1. The molecular formula is C20H19N5O3S2. The van der Waals surface area contributed by atoms with Crippen LogP contribution >= 0.6 is 23.1 Å². The fraction of sp³-hybridized carbons (Fsp3) is 0.250. The lowest BCUT2D eigenvalue weighted by molar-refractivity contribution is 0.0605. The van der Waals surface area contributed by atoms with Crippen LogP contribution in [0.1, 0.15) is 26.6 Å². The molecule has 0 aliphatic rings. The van der Waals surface area contributed by atoms with Crippen molar-refractivity contribution in [1.29, 1.82) is 0 Å². The van der Waals surface area contributed by atoms with Crippen LogP contribution in [0.5, 0.6) is 0 Å². The lowest BCUT2D eigenvalue weighted by Gasteiger charge is -2.06. The molecule has 0 saturated carbocycles. The van der Waals surface area contributed by atoms with Crippen LogP contribution in [0, 0.1) is 13.8 Å². The van der Waals surface area contributed by atoms with Crippen molar-refractivity contribution < 1.29 is 9.53 Å². The molecule has 3 aromatic heterocycles. The summed E-state index contributed by atoms with van der Waals surface area (Å²) in [5.41, 5.74) is 2.47. The quantitative estimate of drug-likeness (QED) is 0.374. The van der Waals surface area contributed by atoms with Crippen molar-refractivity contribution in [2.75, 3.05) is 7.11 Å². The van der Waals surface area contributed by atoms with E-state index in [0.29, 0.717) is 37.4 Å². The van der Waals surface area contributed by atoms with Gasteiger partial charge in [0.15, 0.2) is 11.0 Å². The number of aryl methyl sites for hydroxylation is 2. The van der Waals surface area contributed by atoms with Crippen LogP contribution in [0.2, 0.25) is 0 Å². The maximum atomic E-state index is 12.6. The first-order valence-corrected chi connectivity index (χ1v) is 10.9. The molecule has 1 N–H and O–H groups in total. The van der Waals surface area contributed by atoms with E-state index in [4.69, 9.17) is 4.74 Å². The molecule has 0 aliphatic heterocycles. The molecule has 30 heavy (non-hydrogen) atoms. The topological polar surface area (TPSA) is 103 Å². The molecule has 0 aliphatic carbocycles. The second kappa shape index (κ2) is 8.04. The minimum atomic E-state index is -0.464. The fourth-order valence-corrected chi connectivity index (χ4v) is 5.08. The molecule has 0 bridgehead atoms. The summed E-state index contributed by atoms with van der Waals surface area (Å²) in [7, 11) is 3.23. The molecule has 0 radical (unpaired) electrons. The Morgan fingerprint density at radius 2 is 2.03 bits per heavy atom. The molecule has 154 valence electrons. The summed E-state index contributed by atoms with van der Waals surface area (Å²) in [5.74, 6) is 1.24. The van der Waals surface area contributed by atoms with Crippen LogP contribution in [0.4, 0.5) is 0 Å². The van der Waals surface area contributed by atoms with Gasteiger partial charge < -0.3 is 14.3 Å². The van der Waals surface area contributed by atoms with Crippen molar-refractivity contribution in [2.45, 2.75) is 24.8 Å². The van der Waals surface area contributed by atoms with Crippen LogP contribution in [-0.2, 0) is 17.5 Å². The zero-order valence-electron chi connectivity index (χ0n) is 16.8. The summed E-state index contributed by atoms with van der Waals surface area (Å²) < 4.78 is 6.72. The van der Waals surface area contributed by atoms with Crippen LogP contribution < -0.4 is 5.56 Å². The first-order chi connectivity index (χ1) is 14.4. The number of nitrogens with zero attached hydrogens (tertiary/aromatic N) is 4. The van der Waals surface area contributed by atoms with E-state index in [1.165, 1.54) is 18.9 Å². The smallest absolute Gasteiger partial charge is 0.348 e. The first-order valence-electron chi connectivity index (χ1n) is 9.09. The van der Waals surface area contributed by atoms with Crippen molar-refractivity contribution in [3.63, 3.8) is 0 Å². The zero-order valence-corrected chi connectivity index (χ0v) is 18.5. The van der Waals surface area contributed by atoms with Gasteiger partial charge in [0, 0.05) is 12.6 Å². The molecule has 4 aromatic rings. The number of hydrogen-bond acceptors (Lipinski definition) is 8. The van der Waals surface area contributed by atoms with E-state index in [0.717, 1.165) is 28.3 Å². The van der Waals surface area contributed by atoms with Gasteiger partial charge in [-0.05, 0) is 25.0 Å². The van der Waals surface area contributed by atoms with Crippen LogP contribution in [0.3, 0.4) is 0 Å². The number of nitrogens with one attached hydrogen (secondary N) is 1. The van der Waals surface area contributed by atoms with Gasteiger partial charge in [-0.25, -0.2) is 9.78 Å². The minimum absolute atomic E-state index is 0.266. The normalized spacial score (nSPS) is 11.2. The highest BCUT2D eigenvalue weighted by Gasteiger charge is 2.20. The summed E-state index contributed by atoms with van der Waals surface area (Å²) in [5, 5.41) is 9.75. The van der Waals surface area contributed by atoms with E-state index in [1.54, 1.807) is 6.92 Å². The second-order valence-electron chi connectivity index (χ2n) is 6.71. The van der Waals surface area contributed by atoms with Gasteiger partial charge in [-0.15, -0.1) is 21.5 Å². The second-order valence-corrected chi connectivity index (χ2v) is 8.65. The molecule has 10 heteroatoms. The molecular weight excluding hydrogens is 422 g/mol. The van der Waals surface area contributed by atoms with Crippen LogP contribution in [-0.4, -0.2) is 37.8 Å². The highest BCUT2D eigenvalue weighted by molar-refractivity contribution is 7.98. The predicted octanol–water partition coefficient (Wildman–Crippen LogP) is 3.48. The zero-order chi connectivity index (χ0) is 21.4. The number of carbonyl (C=O) groups excluding carboxylic acids is 1. The van der Waals surface area contributed by atoms with Crippen LogP contribution in [0.25, 0.3) is 21.6 Å². The molecule has 1 aromatic carbocycles. The Hall–Kier alpha value is -2.98. The van der Waals surface area contributed by atoms with E-state index in [-0.39, 0.29) is 5.56 Å². The van der Waals surface area contributed by atoms with Gasteiger partial charge in [0.1, 0.15) is 15.5 Å². The number of hydrogen-bond donors (Lipinski definition) is 1. The summed E-state index contributed by atoms with van der Waals surface area (Å²) in [6, 6.07) is 8.01. The van der Waals surface area contributed by atoms with E-state index in [2.05, 4.69) is 20.2 Å². The third kappa shape index (κ3) is 3.52. The van der Waals surface area contributed by atoms with E-state index < -0.39 is 5.97 Å². The number of thioether (sulfide) groups is 1. The number of H-pyrrole nitrogens is 1. The van der Waals surface area contributed by atoms with E-state index >= 15 is 0 Å². The third-order valence-electron chi connectivity index (χ3n) is 4.78. The standard InChI is InChI=1S/C20H19N5O3S2/c1-10-7-5-6-8-12(10)16-23-24-20(25(16)3)29-9-13-21-17(26)14-11(2)15(19(27)28-4)30-18(14)22-13/h5-8H,9H2,1-4H3,(H,21,22,26). The summed E-state index contributed by atoms with van der Waals surface area (Å²) >= 11 is 2.59. The lowest BCUT2D eigenvalue weighted by Crippen LogP contribution is -2.11. The average molecular weight is 442 g/mol. The monoisotopic (exact) mass is 441 g/mol. The molecule has 0 spiro atoms. The molecule has 0 unspecified atom stereocenters. The lowest BCUT2D eigenvalue weighted by atomic mass is 10.1. The summed E-state index contributed by atoms with van der Waals surface area (Å²) in [4.78, 5) is 32.7. The van der Waals surface area contributed by atoms with Gasteiger partial charge in [-0.2, -0.15) is 0 Å². The maximum absolute atomic E-state index is 12.6. The molecule has 0 atom stereocenters. The Morgan fingerprint density at radius 3 is 2.77 bits per heavy atom. The number of benzene rings is 1. The number of thiophene rings is 1. The van der Waals surface area contributed by atoms with Crippen molar-refractivity contribution >= 4 is 39.3 Å². The minimum Gasteiger partial charge on any atom is -0.465 e. The van der Waals surface area contributed by atoms with Gasteiger partial charge in [0.05, 0.1) is 18.2 Å². The number of aromatic amines is 1. The third-order valence-corrected chi connectivity index (χ3v) is 6.98. The van der Waals surface area contributed by atoms with Crippen molar-refractivity contribution in [3.05, 3.63) is 56.4 Å².